The molecule has 1 atom stereocenters. The Hall–Kier alpha value is -4.24. The van der Waals surface area contributed by atoms with Crippen LogP contribution in [0.5, 0.6) is 5.75 Å². The van der Waals surface area contributed by atoms with Crippen molar-refractivity contribution in [2.24, 2.45) is 0 Å². The molecule has 3 aromatic heterocycles. The molecule has 0 aliphatic rings. The van der Waals surface area contributed by atoms with E-state index >= 15 is 0 Å². The first-order valence-electron chi connectivity index (χ1n) is 12.3. The Morgan fingerprint density at radius 3 is 2.68 bits per heavy atom. The van der Waals surface area contributed by atoms with Gasteiger partial charge in [0.1, 0.15) is 11.5 Å². The van der Waals surface area contributed by atoms with Crippen molar-refractivity contribution in [2.75, 3.05) is 7.11 Å². The number of nitrogens with zero attached hydrogens (tertiary/aromatic N) is 5. The minimum absolute atomic E-state index is 0.0982. The van der Waals surface area contributed by atoms with Gasteiger partial charge in [0.15, 0.2) is 5.82 Å². The molecule has 9 nitrogen and oxygen atoms in total. The highest BCUT2D eigenvalue weighted by atomic mass is 16.5. The van der Waals surface area contributed by atoms with Gasteiger partial charge in [0.25, 0.3) is 5.56 Å². The van der Waals surface area contributed by atoms with E-state index in [9.17, 15) is 4.79 Å². The fourth-order valence-corrected chi connectivity index (χ4v) is 4.71. The molecule has 5 aromatic rings. The van der Waals surface area contributed by atoms with E-state index in [1.54, 1.807) is 13.4 Å². The highest BCUT2D eigenvalue weighted by molar-refractivity contribution is 5.81. The van der Waals surface area contributed by atoms with Crippen LogP contribution in [-0.4, -0.2) is 37.2 Å². The van der Waals surface area contributed by atoms with Crippen LogP contribution in [0.4, 0.5) is 0 Å². The normalized spacial score (nSPS) is 12.3. The molecule has 0 saturated carbocycles. The number of hydrogen-bond acceptors (Lipinski definition) is 7. The Balaban J connectivity index is 1.48. The summed E-state index contributed by atoms with van der Waals surface area (Å²) in [6.07, 6.45) is 2.40. The summed E-state index contributed by atoms with van der Waals surface area (Å²) in [6, 6.07) is 19.5. The van der Waals surface area contributed by atoms with Gasteiger partial charge >= 0.3 is 0 Å². The molecular weight excluding hydrogens is 468 g/mol. The maximum atomic E-state index is 13.1. The zero-order chi connectivity index (χ0) is 25.8. The molecule has 0 amide bonds. The van der Waals surface area contributed by atoms with Gasteiger partial charge < -0.3 is 14.1 Å². The summed E-state index contributed by atoms with van der Waals surface area (Å²) in [5.41, 5.74) is 3.54. The maximum Gasteiger partial charge on any atom is 0.252 e. The number of nitrogens with one attached hydrogen (secondary N) is 1. The standard InChI is InChI=1S/C28H30N6O3/c1-4-25(27-30-31-32-34(27)16-20-10-12-23(36-3)13-11-20)33(18-24-9-6-14-37-24)17-22-15-21-8-5-7-19(2)26(21)29-28(22)35/h5-15,25H,4,16-18H2,1-3H3,(H,29,35)/t25-/m0/s1. The lowest BCUT2D eigenvalue weighted by Crippen LogP contribution is -2.32. The fourth-order valence-electron chi connectivity index (χ4n) is 4.71. The van der Waals surface area contributed by atoms with Gasteiger partial charge in [-0.3, -0.25) is 9.69 Å². The van der Waals surface area contributed by atoms with E-state index in [1.165, 1.54) is 0 Å². The fraction of sp³-hybridized carbons (Fsp3) is 0.286. The number of tetrazole rings is 1. The van der Waals surface area contributed by atoms with E-state index in [0.29, 0.717) is 25.2 Å². The van der Waals surface area contributed by atoms with Crippen LogP contribution >= 0.6 is 0 Å². The van der Waals surface area contributed by atoms with Crippen LogP contribution in [0.3, 0.4) is 0 Å². The molecule has 0 radical (unpaired) electrons. The molecule has 0 bridgehead atoms. The van der Waals surface area contributed by atoms with E-state index in [1.807, 2.05) is 72.3 Å². The number of ether oxygens (including phenoxy) is 1. The van der Waals surface area contributed by atoms with Crippen LogP contribution < -0.4 is 10.3 Å². The first-order valence-corrected chi connectivity index (χ1v) is 12.3. The average molecular weight is 499 g/mol. The summed E-state index contributed by atoms with van der Waals surface area (Å²) in [7, 11) is 1.65. The molecule has 190 valence electrons. The van der Waals surface area contributed by atoms with E-state index in [4.69, 9.17) is 9.15 Å². The van der Waals surface area contributed by atoms with E-state index in [2.05, 4.69) is 32.3 Å². The summed E-state index contributed by atoms with van der Waals surface area (Å²) >= 11 is 0. The number of aryl methyl sites for hydroxylation is 1. The summed E-state index contributed by atoms with van der Waals surface area (Å²) in [5.74, 6) is 2.34. The second-order valence-electron chi connectivity index (χ2n) is 9.11. The Morgan fingerprint density at radius 1 is 1.11 bits per heavy atom. The molecule has 0 unspecified atom stereocenters. The monoisotopic (exact) mass is 498 g/mol. The number of hydrogen-bond donors (Lipinski definition) is 1. The van der Waals surface area contributed by atoms with Crippen LogP contribution in [-0.2, 0) is 19.6 Å². The number of rotatable bonds is 10. The van der Waals surface area contributed by atoms with Gasteiger partial charge in [-0.2, -0.15) is 0 Å². The first kappa shape index (κ1) is 24.5. The van der Waals surface area contributed by atoms with Gasteiger partial charge in [-0.05, 0) is 70.6 Å². The molecule has 37 heavy (non-hydrogen) atoms. The third-order valence-corrected chi connectivity index (χ3v) is 6.65. The van der Waals surface area contributed by atoms with Crippen LogP contribution in [0.25, 0.3) is 10.9 Å². The second kappa shape index (κ2) is 10.8. The number of benzene rings is 2. The average Bonchev–Trinajstić information content (AvgIpc) is 3.59. The van der Waals surface area contributed by atoms with Crippen LogP contribution in [0.15, 0.2) is 76.1 Å². The molecule has 9 heteroatoms. The molecule has 0 fully saturated rings. The van der Waals surface area contributed by atoms with Gasteiger partial charge in [-0.25, -0.2) is 4.68 Å². The molecule has 0 saturated heterocycles. The lowest BCUT2D eigenvalue weighted by Gasteiger charge is -2.29. The van der Waals surface area contributed by atoms with Crippen molar-refractivity contribution < 1.29 is 9.15 Å². The van der Waals surface area contributed by atoms with Gasteiger partial charge in [0.2, 0.25) is 0 Å². The van der Waals surface area contributed by atoms with Gasteiger partial charge in [0.05, 0.1) is 38.0 Å². The van der Waals surface area contributed by atoms with E-state index in [0.717, 1.165) is 45.8 Å². The molecular formula is C28H30N6O3. The number of pyridine rings is 1. The Kier molecular flexibility index (Phi) is 7.14. The Labute approximate surface area is 214 Å². The zero-order valence-corrected chi connectivity index (χ0v) is 21.2. The molecule has 3 heterocycles. The molecule has 0 aliphatic carbocycles. The van der Waals surface area contributed by atoms with Crippen LogP contribution in [0, 0.1) is 6.92 Å². The number of furan rings is 1. The lowest BCUT2D eigenvalue weighted by molar-refractivity contribution is 0.149. The number of aromatic amines is 1. The molecule has 0 spiro atoms. The largest absolute Gasteiger partial charge is 0.497 e. The number of methoxy groups -OCH3 is 1. The van der Waals surface area contributed by atoms with E-state index in [-0.39, 0.29) is 11.6 Å². The van der Waals surface area contributed by atoms with Crippen molar-refractivity contribution in [3.8, 4) is 5.75 Å². The highest BCUT2D eigenvalue weighted by Crippen LogP contribution is 2.27. The second-order valence-corrected chi connectivity index (χ2v) is 9.11. The minimum Gasteiger partial charge on any atom is -0.497 e. The number of fused-ring (bicyclic) bond motifs is 1. The first-order chi connectivity index (χ1) is 18.1. The minimum atomic E-state index is -0.147. The quantitative estimate of drug-likeness (QED) is 0.300. The number of H-pyrrole nitrogens is 1. The molecule has 1 N–H and O–H groups in total. The smallest absolute Gasteiger partial charge is 0.252 e. The summed E-state index contributed by atoms with van der Waals surface area (Å²) in [4.78, 5) is 18.4. The van der Waals surface area contributed by atoms with Gasteiger partial charge in [-0.1, -0.05) is 37.3 Å². The van der Waals surface area contributed by atoms with Crippen molar-refractivity contribution in [1.29, 1.82) is 0 Å². The van der Waals surface area contributed by atoms with Crippen molar-refractivity contribution in [3.63, 3.8) is 0 Å². The molecule has 0 aliphatic heterocycles. The Bertz CT molecular complexity index is 1520. The lowest BCUT2D eigenvalue weighted by atomic mass is 10.1. The van der Waals surface area contributed by atoms with E-state index < -0.39 is 0 Å². The SMILES string of the molecule is CC[C@@H](c1nnnn1Cc1ccc(OC)cc1)N(Cc1ccco1)Cc1cc2cccc(C)c2[nH]c1=O. The molecule has 2 aromatic carbocycles. The van der Waals surface area contributed by atoms with Crippen LogP contribution in [0.1, 0.15) is 47.7 Å². The van der Waals surface area contributed by atoms with Crippen LogP contribution in [0.2, 0.25) is 0 Å². The van der Waals surface area contributed by atoms with Crippen molar-refractivity contribution in [2.45, 2.75) is 45.9 Å². The Morgan fingerprint density at radius 2 is 1.95 bits per heavy atom. The van der Waals surface area contributed by atoms with Gasteiger partial charge in [-0.15, -0.1) is 5.10 Å². The third kappa shape index (κ3) is 5.31. The number of para-hydroxylation sites is 1. The van der Waals surface area contributed by atoms with Crippen molar-refractivity contribution >= 4 is 10.9 Å². The predicted octanol–water partition coefficient (Wildman–Crippen LogP) is 4.63. The maximum absolute atomic E-state index is 13.1. The molecule has 5 rings (SSSR count). The van der Waals surface area contributed by atoms with Crippen molar-refractivity contribution in [1.82, 2.24) is 30.1 Å². The number of aromatic nitrogens is 5. The summed E-state index contributed by atoms with van der Waals surface area (Å²) in [6.45, 7) is 5.53. The highest BCUT2D eigenvalue weighted by Gasteiger charge is 2.27. The summed E-state index contributed by atoms with van der Waals surface area (Å²) < 4.78 is 12.8. The predicted molar refractivity (Wildman–Crippen MR) is 140 cm³/mol. The zero-order valence-electron chi connectivity index (χ0n) is 21.2. The summed E-state index contributed by atoms with van der Waals surface area (Å²) in [5, 5.41) is 13.7. The van der Waals surface area contributed by atoms with Crippen molar-refractivity contribution in [3.05, 3.63) is 106 Å². The topological polar surface area (TPSA) is 102 Å². The third-order valence-electron chi connectivity index (χ3n) is 6.65. The van der Waals surface area contributed by atoms with Gasteiger partial charge in [0, 0.05) is 12.1 Å².